The predicted molar refractivity (Wildman–Crippen MR) is 381 cm³/mol. The molecule has 3 N–H and O–H groups in total. The Labute approximate surface area is 575 Å². The Balaban J connectivity index is 5.20. The lowest BCUT2D eigenvalue weighted by atomic mass is 10.0. The van der Waals surface area contributed by atoms with E-state index in [0.29, 0.717) is 25.7 Å². The van der Waals surface area contributed by atoms with Crippen molar-refractivity contribution in [2.75, 3.05) is 39.6 Å². The van der Waals surface area contributed by atoms with Gasteiger partial charge in [0.2, 0.25) is 0 Å². The van der Waals surface area contributed by atoms with E-state index in [2.05, 4.69) is 41.5 Å². The summed E-state index contributed by atoms with van der Waals surface area (Å²) in [6.07, 6.45) is 54.1. The van der Waals surface area contributed by atoms with Crippen LogP contribution in [0.1, 0.15) is 388 Å². The second kappa shape index (κ2) is 66.9. The molecule has 94 heavy (non-hydrogen) atoms. The fraction of sp³-hybridized carbons (Fsp3) is 0.947. The summed E-state index contributed by atoms with van der Waals surface area (Å²) in [6.45, 7) is 9.59. The first-order valence-corrected chi connectivity index (χ1v) is 42.0. The van der Waals surface area contributed by atoms with Crippen molar-refractivity contribution in [3.8, 4) is 0 Å². The van der Waals surface area contributed by atoms with E-state index in [1.165, 1.54) is 193 Å². The second-order valence-corrected chi connectivity index (χ2v) is 30.9. The van der Waals surface area contributed by atoms with Gasteiger partial charge in [0, 0.05) is 25.7 Å². The third-order valence-electron chi connectivity index (χ3n) is 17.5. The molecule has 0 aliphatic carbocycles. The number of esters is 4. The third-order valence-corrected chi connectivity index (χ3v) is 19.4. The Kier molecular flexibility index (Phi) is 65.5. The molecule has 0 bridgehead atoms. The molecule has 0 fully saturated rings. The molecule has 17 nitrogen and oxygen atoms in total. The molecule has 0 aliphatic heterocycles. The monoisotopic (exact) mass is 1380 g/mol. The van der Waals surface area contributed by atoms with Gasteiger partial charge in [-0.25, -0.2) is 9.13 Å². The molecular weight excluding hydrogens is 1230 g/mol. The molecule has 0 aromatic rings. The lowest BCUT2D eigenvalue weighted by Crippen LogP contribution is -2.30. The molecule has 0 rings (SSSR count). The van der Waals surface area contributed by atoms with Crippen LogP contribution in [-0.2, 0) is 65.4 Å². The van der Waals surface area contributed by atoms with E-state index in [1.807, 2.05) is 0 Å². The molecule has 0 aromatic carbocycles. The smallest absolute Gasteiger partial charge is 0.462 e. The van der Waals surface area contributed by atoms with Gasteiger partial charge in [-0.2, -0.15) is 0 Å². The fourth-order valence-electron chi connectivity index (χ4n) is 11.5. The molecule has 0 spiro atoms. The highest BCUT2D eigenvalue weighted by Crippen LogP contribution is 2.45. The number of aliphatic hydroxyl groups excluding tert-OH is 1. The van der Waals surface area contributed by atoms with Crippen LogP contribution in [0.15, 0.2) is 0 Å². The van der Waals surface area contributed by atoms with Gasteiger partial charge in [0.25, 0.3) is 0 Å². The number of hydrogen-bond donors (Lipinski definition) is 3. The first kappa shape index (κ1) is 92.1. The normalized spacial score (nSPS) is 14.0. The molecule has 0 radical (unpaired) electrons. The number of phosphoric ester groups is 2. The molecule has 0 saturated carbocycles. The number of ether oxygens (including phenoxy) is 4. The highest BCUT2D eigenvalue weighted by molar-refractivity contribution is 7.47. The number of hydrogen-bond acceptors (Lipinski definition) is 15. The van der Waals surface area contributed by atoms with E-state index in [1.54, 1.807) is 0 Å². The number of unbranched alkanes of at least 4 members (excludes halogenated alkanes) is 44. The van der Waals surface area contributed by atoms with Crippen LogP contribution in [0.5, 0.6) is 0 Å². The van der Waals surface area contributed by atoms with Gasteiger partial charge in [-0.05, 0) is 37.5 Å². The van der Waals surface area contributed by atoms with Crippen molar-refractivity contribution >= 4 is 39.5 Å². The minimum Gasteiger partial charge on any atom is -0.462 e. The summed E-state index contributed by atoms with van der Waals surface area (Å²) in [5.74, 6) is -0.543. The van der Waals surface area contributed by atoms with Crippen molar-refractivity contribution in [3.63, 3.8) is 0 Å². The highest BCUT2D eigenvalue weighted by atomic mass is 31.2. The Hall–Kier alpha value is -1.94. The summed E-state index contributed by atoms with van der Waals surface area (Å²) < 4.78 is 68.4. The van der Waals surface area contributed by atoms with Crippen LogP contribution >= 0.6 is 15.6 Å². The maximum absolute atomic E-state index is 13.1. The van der Waals surface area contributed by atoms with Crippen molar-refractivity contribution in [2.24, 2.45) is 11.8 Å². The molecule has 19 heteroatoms. The maximum Gasteiger partial charge on any atom is 0.472 e. The Bertz CT molecular complexity index is 1820. The van der Waals surface area contributed by atoms with Crippen LogP contribution in [-0.4, -0.2) is 96.7 Å². The van der Waals surface area contributed by atoms with Crippen molar-refractivity contribution in [3.05, 3.63) is 0 Å². The molecule has 5 atom stereocenters. The third kappa shape index (κ3) is 68.6. The van der Waals surface area contributed by atoms with Crippen LogP contribution in [0, 0.1) is 11.8 Å². The average molecular weight is 1380 g/mol. The lowest BCUT2D eigenvalue weighted by molar-refractivity contribution is -0.161. The molecule has 0 heterocycles. The SMILES string of the molecule is CCCCCCCCCCCCCCCCCC(=O)O[C@H](COC(=O)CCCCCCCCC)COP(=O)(O)OC[C@H](O)COP(=O)(O)OC[C@@H](COC(=O)CCCCCCCCCCCCCCC(C)C)OC(=O)CCCCCCCCCCCCCCCCC(C)C. The predicted octanol–water partition coefficient (Wildman–Crippen LogP) is 21.9. The van der Waals surface area contributed by atoms with Crippen LogP contribution in [0.3, 0.4) is 0 Å². The molecule has 0 aromatic heterocycles. The zero-order chi connectivity index (χ0) is 69.3. The van der Waals surface area contributed by atoms with Crippen molar-refractivity contribution in [2.45, 2.75) is 407 Å². The molecule has 0 amide bonds. The van der Waals surface area contributed by atoms with E-state index in [4.69, 9.17) is 37.0 Å². The van der Waals surface area contributed by atoms with Gasteiger partial charge < -0.3 is 33.8 Å². The first-order valence-electron chi connectivity index (χ1n) is 39.0. The number of rotatable bonds is 74. The quantitative estimate of drug-likeness (QED) is 0.0222. The van der Waals surface area contributed by atoms with Crippen LogP contribution in [0.4, 0.5) is 0 Å². The number of aliphatic hydroxyl groups is 1. The van der Waals surface area contributed by atoms with Crippen LogP contribution in [0.2, 0.25) is 0 Å². The first-order chi connectivity index (χ1) is 45.4. The molecule has 558 valence electrons. The topological polar surface area (TPSA) is 237 Å². The summed E-state index contributed by atoms with van der Waals surface area (Å²) in [4.78, 5) is 72.7. The summed E-state index contributed by atoms with van der Waals surface area (Å²) in [7, 11) is -9.90. The Morgan fingerprint density at radius 3 is 0.723 bits per heavy atom. The molecule has 2 unspecified atom stereocenters. The zero-order valence-corrected chi connectivity index (χ0v) is 63.1. The van der Waals surface area contributed by atoms with E-state index >= 15 is 0 Å². The number of carbonyl (C=O) groups excluding carboxylic acids is 4. The van der Waals surface area contributed by atoms with Crippen molar-refractivity contribution in [1.29, 1.82) is 0 Å². The van der Waals surface area contributed by atoms with E-state index in [0.717, 1.165) is 115 Å². The van der Waals surface area contributed by atoms with Gasteiger partial charge in [0.15, 0.2) is 12.2 Å². The number of carbonyl (C=O) groups is 4. The molecular formula is C75H146O17P2. The van der Waals surface area contributed by atoms with E-state index in [-0.39, 0.29) is 25.7 Å². The van der Waals surface area contributed by atoms with Gasteiger partial charge >= 0.3 is 39.5 Å². The average Bonchev–Trinajstić information content (AvgIpc) is 1.94. The Morgan fingerprint density at radius 2 is 0.489 bits per heavy atom. The Morgan fingerprint density at radius 1 is 0.287 bits per heavy atom. The maximum atomic E-state index is 13.1. The van der Waals surface area contributed by atoms with Gasteiger partial charge in [-0.15, -0.1) is 0 Å². The highest BCUT2D eigenvalue weighted by Gasteiger charge is 2.30. The minimum absolute atomic E-state index is 0.108. The lowest BCUT2D eigenvalue weighted by Gasteiger charge is -2.21. The van der Waals surface area contributed by atoms with Crippen molar-refractivity contribution in [1.82, 2.24) is 0 Å². The van der Waals surface area contributed by atoms with Crippen LogP contribution in [0.25, 0.3) is 0 Å². The van der Waals surface area contributed by atoms with Crippen LogP contribution < -0.4 is 0 Å². The van der Waals surface area contributed by atoms with Gasteiger partial charge in [-0.1, -0.05) is 337 Å². The van der Waals surface area contributed by atoms with E-state index in [9.17, 15) is 43.2 Å². The molecule has 0 aliphatic rings. The zero-order valence-electron chi connectivity index (χ0n) is 61.3. The summed E-state index contributed by atoms with van der Waals surface area (Å²) in [5, 5.41) is 10.6. The van der Waals surface area contributed by atoms with Gasteiger partial charge in [0.1, 0.15) is 19.3 Å². The van der Waals surface area contributed by atoms with Gasteiger partial charge in [-0.3, -0.25) is 37.3 Å². The molecule has 0 saturated heterocycles. The van der Waals surface area contributed by atoms with Crippen molar-refractivity contribution < 1.29 is 80.2 Å². The fourth-order valence-corrected chi connectivity index (χ4v) is 13.1. The van der Waals surface area contributed by atoms with E-state index < -0.39 is 97.5 Å². The van der Waals surface area contributed by atoms with Gasteiger partial charge in [0.05, 0.1) is 26.4 Å². The standard InChI is InChI=1S/C75H146O17P2/c1-7-9-11-13-15-16-17-18-19-23-30-35-41-47-53-59-74(79)91-70(63-85-72(77)57-51-45-37-14-12-10-8-2)65-89-93(81,82)87-61-69(76)62-88-94(83,84)90-66-71(64-86-73(78)58-52-46-40-34-29-26-25-28-33-39-44-50-56-68(5)6)92-75(80)60-54-48-42-36-31-24-21-20-22-27-32-38-43-49-55-67(3)4/h67-71,76H,7-66H2,1-6H3,(H,81,82)(H,83,84)/t69-,70+,71+/m0/s1. The summed E-state index contributed by atoms with van der Waals surface area (Å²) in [5.41, 5.74) is 0. The number of phosphoric acid groups is 2. The minimum atomic E-state index is -4.96. The summed E-state index contributed by atoms with van der Waals surface area (Å²) >= 11 is 0. The largest absolute Gasteiger partial charge is 0.472 e. The summed E-state index contributed by atoms with van der Waals surface area (Å²) in [6, 6.07) is 0. The second-order valence-electron chi connectivity index (χ2n) is 28.0.